The molecule has 1 amide bonds. The molecule has 5 heteroatoms. The zero-order valence-corrected chi connectivity index (χ0v) is 12.5. The molecule has 1 aromatic rings. The predicted molar refractivity (Wildman–Crippen MR) is 80.9 cm³/mol. The van der Waals surface area contributed by atoms with Crippen molar-refractivity contribution in [3.05, 3.63) is 35.6 Å². The Morgan fingerprint density at radius 1 is 1.45 bits per heavy atom. The Morgan fingerprint density at radius 3 is 2.65 bits per heavy atom. The van der Waals surface area contributed by atoms with Crippen molar-refractivity contribution in [2.24, 2.45) is 5.73 Å². The average Bonchev–Trinajstić information content (AvgIpc) is 3.28. The van der Waals surface area contributed by atoms with E-state index >= 15 is 0 Å². The van der Waals surface area contributed by atoms with E-state index in [9.17, 15) is 9.18 Å². The number of carbonyl (C=O) groups is 1. The zero-order valence-electron chi connectivity index (χ0n) is 11.7. The van der Waals surface area contributed by atoms with Crippen LogP contribution in [0.2, 0.25) is 0 Å². The van der Waals surface area contributed by atoms with Gasteiger partial charge in [-0.3, -0.25) is 4.79 Å². The monoisotopic (exact) mass is 296 g/mol. The number of rotatable bonds is 7. The van der Waals surface area contributed by atoms with Crippen molar-refractivity contribution < 1.29 is 9.18 Å². The van der Waals surface area contributed by atoms with E-state index in [1.54, 1.807) is 23.9 Å². The van der Waals surface area contributed by atoms with Crippen LogP contribution in [-0.2, 0) is 11.3 Å². The minimum atomic E-state index is -0.427. The summed E-state index contributed by atoms with van der Waals surface area (Å²) in [5, 5.41) is 0. The number of thioether (sulfide) groups is 1. The molecule has 0 radical (unpaired) electrons. The molecule has 1 aliphatic carbocycles. The number of benzene rings is 1. The lowest BCUT2D eigenvalue weighted by Crippen LogP contribution is -2.44. The van der Waals surface area contributed by atoms with E-state index in [1.807, 2.05) is 11.2 Å². The van der Waals surface area contributed by atoms with Crippen LogP contribution in [-0.4, -0.2) is 34.9 Å². The molecule has 2 rings (SSSR count). The molecule has 1 fully saturated rings. The number of hydrogen-bond donors (Lipinski definition) is 1. The van der Waals surface area contributed by atoms with Crippen molar-refractivity contribution in [3.63, 3.8) is 0 Å². The van der Waals surface area contributed by atoms with E-state index in [-0.39, 0.29) is 11.7 Å². The zero-order chi connectivity index (χ0) is 14.5. The molecule has 0 aliphatic heterocycles. The van der Waals surface area contributed by atoms with Crippen LogP contribution in [0.4, 0.5) is 4.39 Å². The second-order valence-electron chi connectivity index (χ2n) is 5.21. The van der Waals surface area contributed by atoms with Gasteiger partial charge < -0.3 is 10.6 Å². The van der Waals surface area contributed by atoms with Crippen LogP contribution in [0.5, 0.6) is 0 Å². The molecule has 1 aromatic carbocycles. The Balaban J connectivity index is 1.99. The number of nitrogens with two attached hydrogens (primary N) is 1. The van der Waals surface area contributed by atoms with Crippen molar-refractivity contribution in [1.29, 1.82) is 0 Å². The number of halogens is 1. The molecule has 20 heavy (non-hydrogen) atoms. The van der Waals surface area contributed by atoms with Crippen molar-refractivity contribution in [3.8, 4) is 0 Å². The molecule has 1 saturated carbocycles. The Hall–Kier alpha value is -1.07. The minimum absolute atomic E-state index is 0.0193. The Bertz CT molecular complexity index is 448. The Kier molecular flexibility index (Phi) is 5.43. The maximum atomic E-state index is 12.9. The lowest BCUT2D eigenvalue weighted by Gasteiger charge is -2.25. The van der Waals surface area contributed by atoms with Crippen LogP contribution < -0.4 is 5.73 Å². The van der Waals surface area contributed by atoms with Gasteiger partial charge in [0.05, 0.1) is 6.04 Å². The Morgan fingerprint density at radius 2 is 2.10 bits per heavy atom. The highest BCUT2D eigenvalue weighted by Gasteiger charge is 2.34. The maximum absolute atomic E-state index is 12.9. The van der Waals surface area contributed by atoms with Gasteiger partial charge in [-0.15, -0.1) is 0 Å². The van der Waals surface area contributed by atoms with Gasteiger partial charge in [-0.25, -0.2) is 4.39 Å². The smallest absolute Gasteiger partial charge is 0.240 e. The largest absolute Gasteiger partial charge is 0.334 e. The topological polar surface area (TPSA) is 46.3 Å². The summed E-state index contributed by atoms with van der Waals surface area (Å²) < 4.78 is 12.9. The van der Waals surface area contributed by atoms with E-state index in [2.05, 4.69) is 0 Å². The standard InChI is InChI=1S/C15H21FN2OS/c1-20-9-8-14(17)15(19)18(13-6-7-13)10-11-2-4-12(16)5-3-11/h2-5,13-14H,6-10,17H2,1H3/t14-/m0/s1. The normalized spacial score (nSPS) is 15.9. The average molecular weight is 296 g/mol. The van der Waals surface area contributed by atoms with Crippen molar-refractivity contribution in [2.75, 3.05) is 12.0 Å². The molecule has 1 aliphatic rings. The highest BCUT2D eigenvalue weighted by molar-refractivity contribution is 7.98. The van der Waals surface area contributed by atoms with E-state index in [4.69, 9.17) is 5.73 Å². The number of hydrogen-bond acceptors (Lipinski definition) is 3. The van der Waals surface area contributed by atoms with Gasteiger partial charge in [0.1, 0.15) is 5.82 Å². The second-order valence-corrected chi connectivity index (χ2v) is 6.20. The highest BCUT2D eigenvalue weighted by Crippen LogP contribution is 2.29. The lowest BCUT2D eigenvalue weighted by atomic mass is 10.1. The quantitative estimate of drug-likeness (QED) is 0.840. The van der Waals surface area contributed by atoms with Crippen LogP contribution in [0.1, 0.15) is 24.8 Å². The van der Waals surface area contributed by atoms with Crippen LogP contribution in [0.25, 0.3) is 0 Å². The molecule has 3 nitrogen and oxygen atoms in total. The summed E-state index contributed by atoms with van der Waals surface area (Å²) in [6, 6.07) is 6.20. The highest BCUT2D eigenvalue weighted by atomic mass is 32.2. The summed E-state index contributed by atoms with van der Waals surface area (Å²) in [5.74, 6) is 0.655. The molecule has 1 atom stereocenters. The summed E-state index contributed by atoms with van der Waals surface area (Å²) in [4.78, 5) is 14.3. The van der Waals surface area contributed by atoms with E-state index in [0.717, 1.165) is 24.2 Å². The third-order valence-electron chi connectivity index (χ3n) is 3.49. The van der Waals surface area contributed by atoms with Gasteiger partial charge in [0.2, 0.25) is 5.91 Å². The number of amides is 1. The summed E-state index contributed by atoms with van der Waals surface area (Å²) in [6.07, 6.45) is 4.80. The second kappa shape index (κ2) is 7.09. The fourth-order valence-corrected chi connectivity index (χ4v) is 2.63. The fraction of sp³-hybridized carbons (Fsp3) is 0.533. The summed E-state index contributed by atoms with van der Waals surface area (Å²) >= 11 is 1.70. The van der Waals surface area contributed by atoms with Gasteiger partial charge in [0.25, 0.3) is 0 Å². The van der Waals surface area contributed by atoms with Crippen LogP contribution in [0.3, 0.4) is 0 Å². The fourth-order valence-electron chi connectivity index (χ4n) is 2.14. The number of nitrogens with zero attached hydrogens (tertiary/aromatic N) is 1. The predicted octanol–water partition coefficient (Wildman–Crippen LogP) is 2.40. The molecular formula is C15H21FN2OS. The van der Waals surface area contributed by atoms with Crippen LogP contribution >= 0.6 is 11.8 Å². The van der Waals surface area contributed by atoms with E-state index < -0.39 is 6.04 Å². The lowest BCUT2D eigenvalue weighted by molar-refractivity contribution is -0.133. The molecule has 110 valence electrons. The van der Waals surface area contributed by atoms with Crippen molar-refractivity contribution in [2.45, 2.75) is 37.9 Å². The van der Waals surface area contributed by atoms with Crippen LogP contribution in [0.15, 0.2) is 24.3 Å². The maximum Gasteiger partial charge on any atom is 0.240 e. The SMILES string of the molecule is CSCC[C@H](N)C(=O)N(Cc1ccc(F)cc1)C1CC1. The molecule has 0 bridgehead atoms. The first-order chi connectivity index (χ1) is 9.61. The minimum Gasteiger partial charge on any atom is -0.334 e. The van der Waals surface area contributed by atoms with Gasteiger partial charge in [0.15, 0.2) is 0 Å². The molecule has 0 saturated heterocycles. The van der Waals surface area contributed by atoms with Gasteiger partial charge in [0, 0.05) is 12.6 Å². The summed E-state index contributed by atoms with van der Waals surface area (Å²) in [6.45, 7) is 0.525. The van der Waals surface area contributed by atoms with E-state index in [0.29, 0.717) is 19.0 Å². The number of carbonyl (C=O) groups excluding carboxylic acids is 1. The third kappa shape index (κ3) is 4.21. The molecular weight excluding hydrogens is 275 g/mol. The third-order valence-corrected chi connectivity index (χ3v) is 4.13. The molecule has 0 aromatic heterocycles. The van der Waals surface area contributed by atoms with Crippen LogP contribution in [0, 0.1) is 5.82 Å². The van der Waals surface area contributed by atoms with Crippen molar-refractivity contribution >= 4 is 17.7 Å². The first-order valence-electron chi connectivity index (χ1n) is 6.91. The van der Waals surface area contributed by atoms with Gasteiger partial charge in [-0.1, -0.05) is 12.1 Å². The summed E-state index contributed by atoms with van der Waals surface area (Å²) in [7, 11) is 0. The van der Waals surface area contributed by atoms with Gasteiger partial charge in [-0.2, -0.15) is 11.8 Å². The van der Waals surface area contributed by atoms with Gasteiger partial charge in [-0.05, 0) is 49.0 Å². The molecule has 0 spiro atoms. The Labute approximate surface area is 123 Å². The first kappa shape index (κ1) is 15.3. The van der Waals surface area contributed by atoms with Crippen molar-refractivity contribution in [1.82, 2.24) is 4.90 Å². The molecule has 0 heterocycles. The molecule has 2 N–H and O–H groups in total. The van der Waals surface area contributed by atoms with E-state index in [1.165, 1.54) is 12.1 Å². The summed E-state index contributed by atoms with van der Waals surface area (Å²) in [5.41, 5.74) is 6.93. The molecule has 0 unspecified atom stereocenters. The van der Waals surface area contributed by atoms with Gasteiger partial charge >= 0.3 is 0 Å². The first-order valence-corrected chi connectivity index (χ1v) is 8.30.